The van der Waals surface area contributed by atoms with Gasteiger partial charge >= 0.3 is 6.18 Å². The molecule has 0 fully saturated rings. The van der Waals surface area contributed by atoms with Gasteiger partial charge in [-0.15, -0.1) is 40.5 Å². The van der Waals surface area contributed by atoms with Gasteiger partial charge in [0.25, 0.3) is 0 Å². The average Bonchev–Trinajstić information content (AvgIpc) is 3.44. The number of hydrogen-bond acceptors (Lipinski definition) is 4. The molecule has 0 aliphatic carbocycles. The number of halogens is 4. The van der Waals surface area contributed by atoms with Crippen molar-refractivity contribution >= 4 is 38.0 Å². The number of thiophene rings is 1. The van der Waals surface area contributed by atoms with Crippen molar-refractivity contribution < 1.29 is 47.6 Å². The number of benzene rings is 3. The van der Waals surface area contributed by atoms with Crippen LogP contribution < -0.4 is 0 Å². The predicted octanol–water partition coefficient (Wildman–Crippen LogP) is 14.0. The second-order valence-electron chi connectivity index (χ2n) is 15.4. The summed E-state index contributed by atoms with van der Waals surface area (Å²) in [7, 11) is 0. The maximum absolute atomic E-state index is 15.7. The van der Waals surface area contributed by atoms with Crippen LogP contribution in [-0.4, -0.2) is 22.1 Å². The molecule has 0 amide bonds. The van der Waals surface area contributed by atoms with Gasteiger partial charge < -0.3 is 5.11 Å². The van der Waals surface area contributed by atoms with Gasteiger partial charge in [-0.2, -0.15) is 13.2 Å². The van der Waals surface area contributed by atoms with Crippen molar-refractivity contribution in [1.82, 2.24) is 4.98 Å². The van der Waals surface area contributed by atoms with Gasteiger partial charge in [0, 0.05) is 60.0 Å². The number of aliphatic hydroxyl groups excluding tert-OH is 1. The molecule has 3 nitrogen and oxygen atoms in total. The molecule has 3 aromatic carbocycles. The summed E-state index contributed by atoms with van der Waals surface area (Å²) in [5, 5.41) is 12.3. The summed E-state index contributed by atoms with van der Waals surface area (Å²) >= 11 is 1.30. The zero-order valence-electron chi connectivity index (χ0n) is 32.7. The van der Waals surface area contributed by atoms with Gasteiger partial charge in [-0.25, -0.2) is 4.39 Å². The maximum Gasteiger partial charge on any atom is 0.394 e. The van der Waals surface area contributed by atoms with Crippen LogP contribution in [-0.2, 0) is 36.7 Å². The number of carbonyl (C=O) groups excluding carboxylic acids is 1. The first kappa shape index (κ1) is 45.0. The molecule has 2 heterocycles. The molecule has 5 aromatic rings. The van der Waals surface area contributed by atoms with Gasteiger partial charge in [0.1, 0.15) is 5.82 Å². The van der Waals surface area contributed by atoms with Crippen LogP contribution in [0.1, 0.15) is 99.1 Å². The minimum absolute atomic E-state index is 0. The Hall–Kier alpha value is -3.39. The van der Waals surface area contributed by atoms with Crippen molar-refractivity contribution in [2.45, 2.75) is 106 Å². The first-order valence-corrected chi connectivity index (χ1v) is 19.3. The topological polar surface area (TPSA) is 50.2 Å². The minimum atomic E-state index is -4.31. The van der Waals surface area contributed by atoms with E-state index in [9.17, 15) is 23.1 Å². The van der Waals surface area contributed by atoms with Crippen LogP contribution in [0.4, 0.5) is 17.6 Å². The zero-order valence-corrected chi connectivity index (χ0v) is 35.9. The molecule has 9 heteroatoms. The smallest absolute Gasteiger partial charge is 0.394 e. The minimum Gasteiger partial charge on any atom is -0.512 e. The van der Waals surface area contributed by atoms with Crippen LogP contribution in [0.25, 0.3) is 42.6 Å². The van der Waals surface area contributed by atoms with Crippen LogP contribution >= 0.6 is 11.3 Å². The van der Waals surface area contributed by atoms with E-state index >= 15 is 4.39 Å². The molecular weight excluding hydrogens is 887 g/mol. The van der Waals surface area contributed by atoms with E-state index in [0.29, 0.717) is 31.8 Å². The van der Waals surface area contributed by atoms with Crippen LogP contribution in [0.3, 0.4) is 0 Å². The molecule has 0 bridgehead atoms. The molecule has 1 N–H and O–H groups in total. The molecule has 0 unspecified atom stereocenters. The average molecular weight is 939 g/mol. The van der Waals surface area contributed by atoms with Crippen molar-refractivity contribution in [2.75, 3.05) is 0 Å². The van der Waals surface area contributed by atoms with Gasteiger partial charge in [-0.05, 0) is 54.7 Å². The fraction of sp³-hybridized carbons (Fsp3) is 0.422. The molecular formula is C45H52F4IrNO2S-. The number of ketones is 1. The summed E-state index contributed by atoms with van der Waals surface area (Å²) in [5.74, 6) is 0.194. The Morgan fingerprint density at radius 1 is 0.870 bits per heavy atom. The molecule has 0 aliphatic rings. The summed E-state index contributed by atoms with van der Waals surface area (Å²) in [5.41, 5.74) is 1.84. The number of hydrogen-bond donors (Lipinski definition) is 1. The Balaban J connectivity index is 0.000000418. The van der Waals surface area contributed by atoms with Gasteiger partial charge in [0.15, 0.2) is 5.78 Å². The molecule has 5 rings (SSSR count). The molecule has 293 valence electrons. The summed E-state index contributed by atoms with van der Waals surface area (Å²) in [4.78, 5) is 16.8. The van der Waals surface area contributed by atoms with Gasteiger partial charge in [-0.3, -0.25) is 9.78 Å². The van der Waals surface area contributed by atoms with Crippen molar-refractivity contribution in [2.24, 2.45) is 17.3 Å². The third-order valence-corrected chi connectivity index (χ3v) is 11.3. The van der Waals surface area contributed by atoms with Crippen molar-refractivity contribution in [3.63, 3.8) is 0 Å². The third-order valence-electron chi connectivity index (χ3n) is 10.1. The van der Waals surface area contributed by atoms with Gasteiger partial charge in [0.2, 0.25) is 0 Å². The summed E-state index contributed by atoms with van der Waals surface area (Å²) in [6, 6.07) is 22.1. The Labute approximate surface area is 335 Å². The standard InChI is InChI=1S/C32H28F4NS.C13H24O2.Ir/c1-30(2,3)25-17-22(16-21-8-6-7-9-23(21)25)27-29-24(14-15-37-27)26(33)28(38-29)20-12-10-19(11-13-20)18-31(4,5)32(34,35)36;1-5-10(6-2)12(14)9-13(15)11(7-3)8-4;/h6-15,17H,18H2,1-5H3;9-11,14H,5-8H2,1-4H3;/q-1;;/b;12-9-;. The molecule has 0 spiro atoms. The third kappa shape index (κ3) is 10.3. The van der Waals surface area contributed by atoms with Crippen LogP contribution in [0.2, 0.25) is 0 Å². The summed E-state index contributed by atoms with van der Waals surface area (Å²) in [6.45, 7) is 16.9. The first-order valence-electron chi connectivity index (χ1n) is 18.5. The molecule has 2 aromatic heterocycles. The van der Waals surface area contributed by atoms with E-state index < -0.39 is 11.6 Å². The number of carbonyl (C=O) groups is 1. The van der Waals surface area contributed by atoms with E-state index in [1.165, 1.54) is 31.3 Å². The quantitative estimate of drug-likeness (QED) is 0.0621. The number of rotatable bonds is 11. The fourth-order valence-corrected chi connectivity index (χ4v) is 7.70. The van der Waals surface area contributed by atoms with E-state index in [4.69, 9.17) is 0 Å². The fourth-order valence-electron chi connectivity index (χ4n) is 6.51. The molecule has 0 aliphatic heterocycles. The van der Waals surface area contributed by atoms with E-state index in [0.717, 1.165) is 47.6 Å². The Morgan fingerprint density at radius 2 is 1.46 bits per heavy atom. The summed E-state index contributed by atoms with van der Waals surface area (Å²) in [6.07, 6.45) is 2.07. The number of allylic oxidation sites excluding steroid dienone is 2. The number of aromatic nitrogens is 1. The van der Waals surface area contributed by atoms with Gasteiger partial charge in [-0.1, -0.05) is 116 Å². The summed E-state index contributed by atoms with van der Waals surface area (Å²) < 4.78 is 56.4. The van der Waals surface area contributed by atoms with E-state index in [2.05, 4.69) is 44.0 Å². The second kappa shape index (κ2) is 18.5. The predicted molar refractivity (Wildman–Crippen MR) is 213 cm³/mol. The SMILES string of the molecule is CC(C)(C)c1cc(-c2nccc3c(F)c(-c4ccc(CC(C)(C)C(F)(F)F)cc4)sc23)[c-]c2ccccc12.CCC(CC)C(=O)/C=C(\O)C(CC)CC.[Ir]. The number of alkyl halides is 3. The number of pyridine rings is 1. The van der Waals surface area contributed by atoms with E-state index in [-0.39, 0.29) is 61.1 Å². The van der Waals surface area contributed by atoms with Crippen LogP contribution in [0.5, 0.6) is 0 Å². The second-order valence-corrected chi connectivity index (χ2v) is 16.4. The van der Waals surface area contributed by atoms with E-state index in [1.54, 1.807) is 36.5 Å². The Kier molecular flexibility index (Phi) is 15.4. The molecule has 0 saturated heterocycles. The van der Waals surface area contributed by atoms with Crippen molar-refractivity contribution in [3.8, 4) is 21.7 Å². The molecule has 0 saturated carbocycles. The van der Waals surface area contributed by atoms with Crippen molar-refractivity contribution in [3.05, 3.63) is 102 Å². The Morgan fingerprint density at radius 3 is 2.02 bits per heavy atom. The zero-order chi connectivity index (χ0) is 39.3. The van der Waals surface area contributed by atoms with Crippen molar-refractivity contribution in [1.29, 1.82) is 0 Å². The number of nitrogens with zero attached hydrogens (tertiary/aromatic N) is 1. The largest absolute Gasteiger partial charge is 0.512 e. The van der Waals surface area contributed by atoms with E-state index in [1.807, 2.05) is 45.9 Å². The Bertz CT molecular complexity index is 2050. The monoisotopic (exact) mass is 939 g/mol. The number of fused-ring (bicyclic) bond motifs is 2. The molecule has 1 radical (unpaired) electrons. The van der Waals surface area contributed by atoms with Crippen LogP contribution in [0, 0.1) is 29.1 Å². The van der Waals surface area contributed by atoms with Gasteiger partial charge in [0.05, 0.1) is 16.1 Å². The van der Waals surface area contributed by atoms with Crippen LogP contribution in [0.15, 0.2) is 78.7 Å². The molecule has 54 heavy (non-hydrogen) atoms. The maximum atomic E-state index is 15.7. The number of aliphatic hydroxyl groups is 1. The first-order chi connectivity index (χ1) is 24.9. The molecule has 0 atom stereocenters. The normalized spacial score (nSPS) is 12.6.